The van der Waals surface area contributed by atoms with Gasteiger partial charge in [0.25, 0.3) is 5.91 Å². The summed E-state index contributed by atoms with van der Waals surface area (Å²) in [6, 6.07) is -0.831. The van der Waals surface area contributed by atoms with Crippen LogP contribution >= 0.6 is 0 Å². The van der Waals surface area contributed by atoms with Crippen LogP contribution in [0.1, 0.15) is 39.0 Å². The first kappa shape index (κ1) is 14.7. The van der Waals surface area contributed by atoms with E-state index in [0.717, 1.165) is 25.7 Å². The Morgan fingerprint density at radius 1 is 1.25 bits per heavy atom. The third-order valence-electron chi connectivity index (χ3n) is 3.89. The number of rotatable bonds is 4. The van der Waals surface area contributed by atoms with E-state index in [9.17, 15) is 19.7 Å². The average molecular weight is 284 g/mol. The predicted molar refractivity (Wildman–Crippen MR) is 69.5 cm³/mol. The number of hydrogen-bond donors (Lipinski definition) is 0. The third-order valence-corrected chi connectivity index (χ3v) is 3.89. The second-order valence-corrected chi connectivity index (χ2v) is 5.51. The van der Waals surface area contributed by atoms with Crippen molar-refractivity contribution < 1.29 is 19.2 Å². The van der Waals surface area contributed by atoms with Crippen molar-refractivity contribution in [3.05, 3.63) is 10.1 Å². The maximum Gasteiger partial charge on any atom is 0.316 e. The van der Waals surface area contributed by atoms with Crippen molar-refractivity contribution >= 4 is 11.9 Å². The Balaban J connectivity index is 1.81. The molecule has 2 rings (SSSR count). The summed E-state index contributed by atoms with van der Waals surface area (Å²) in [5.41, 5.74) is 0. The van der Waals surface area contributed by atoms with Gasteiger partial charge in [0.15, 0.2) is 6.10 Å². The minimum Gasteiger partial charge on any atom is -0.452 e. The fourth-order valence-corrected chi connectivity index (χ4v) is 2.53. The van der Waals surface area contributed by atoms with Crippen molar-refractivity contribution in [2.24, 2.45) is 5.92 Å². The van der Waals surface area contributed by atoms with Crippen molar-refractivity contribution in [2.75, 3.05) is 13.1 Å². The first-order chi connectivity index (χ1) is 9.50. The Morgan fingerprint density at radius 3 is 2.35 bits per heavy atom. The summed E-state index contributed by atoms with van der Waals surface area (Å²) in [6.45, 7) is 2.93. The van der Waals surface area contributed by atoms with E-state index in [4.69, 9.17) is 4.74 Å². The molecule has 1 amide bonds. The zero-order valence-corrected chi connectivity index (χ0v) is 11.6. The normalized spacial score (nSPS) is 27.4. The minimum atomic E-state index is -0.853. The molecule has 0 N–H and O–H groups in total. The van der Waals surface area contributed by atoms with Crippen LogP contribution in [0, 0.1) is 16.0 Å². The first-order valence-corrected chi connectivity index (χ1v) is 7.13. The van der Waals surface area contributed by atoms with Crippen LogP contribution in [0.25, 0.3) is 0 Å². The number of nitrogens with zero attached hydrogens (tertiary/aromatic N) is 2. The standard InChI is InChI=1S/C13H20N2O5/c1-9(12(16)14-6-4-2-3-5-7-14)20-13(17)10-8-11(10)15(18)19/h9-11H,2-8H2,1H3. The summed E-state index contributed by atoms with van der Waals surface area (Å²) in [6.07, 6.45) is 3.54. The molecule has 0 aromatic heterocycles. The molecule has 0 radical (unpaired) electrons. The van der Waals surface area contributed by atoms with Gasteiger partial charge in [0, 0.05) is 24.4 Å². The monoisotopic (exact) mass is 284 g/mol. The number of carbonyl (C=O) groups excluding carboxylic acids is 2. The smallest absolute Gasteiger partial charge is 0.316 e. The number of hydrogen-bond acceptors (Lipinski definition) is 5. The Bertz CT molecular complexity index is 404. The number of carbonyl (C=O) groups is 2. The third kappa shape index (κ3) is 3.46. The lowest BCUT2D eigenvalue weighted by Gasteiger charge is -2.23. The molecule has 112 valence electrons. The molecule has 20 heavy (non-hydrogen) atoms. The maximum atomic E-state index is 12.2. The number of nitro groups is 1. The van der Waals surface area contributed by atoms with Gasteiger partial charge >= 0.3 is 5.97 Å². The van der Waals surface area contributed by atoms with Crippen LogP contribution in [-0.2, 0) is 14.3 Å². The van der Waals surface area contributed by atoms with Gasteiger partial charge < -0.3 is 9.64 Å². The summed E-state index contributed by atoms with van der Waals surface area (Å²) in [7, 11) is 0. The molecule has 2 aliphatic rings. The summed E-state index contributed by atoms with van der Waals surface area (Å²) < 4.78 is 5.08. The number of amides is 1. The number of esters is 1. The van der Waals surface area contributed by atoms with Crippen molar-refractivity contribution in [1.82, 2.24) is 4.90 Å². The number of ether oxygens (including phenoxy) is 1. The molecule has 1 heterocycles. The maximum absolute atomic E-state index is 12.2. The van der Waals surface area contributed by atoms with E-state index in [2.05, 4.69) is 0 Å². The first-order valence-electron chi connectivity index (χ1n) is 7.13. The van der Waals surface area contributed by atoms with E-state index in [1.165, 1.54) is 6.92 Å². The highest BCUT2D eigenvalue weighted by Gasteiger charge is 2.55. The van der Waals surface area contributed by atoms with Gasteiger partial charge in [-0.15, -0.1) is 0 Å². The Morgan fingerprint density at radius 2 is 1.85 bits per heavy atom. The van der Waals surface area contributed by atoms with Crippen molar-refractivity contribution in [1.29, 1.82) is 0 Å². The Labute approximate surface area is 117 Å². The molecule has 0 aromatic rings. The van der Waals surface area contributed by atoms with Gasteiger partial charge in [-0.2, -0.15) is 0 Å². The minimum absolute atomic E-state index is 0.196. The number of likely N-dealkylation sites (tertiary alicyclic amines) is 1. The Hall–Kier alpha value is -1.66. The van der Waals surface area contributed by atoms with Gasteiger partial charge in [-0.25, -0.2) is 0 Å². The topological polar surface area (TPSA) is 89.7 Å². The fourth-order valence-electron chi connectivity index (χ4n) is 2.53. The van der Waals surface area contributed by atoms with Crippen LogP contribution < -0.4 is 0 Å². The molecule has 7 nitrogen and oxygen atoms in total. The highest BCUT2D eigenvalue weighted by molar-refractivity contribution is 5.85. The average Bonchev–Trinajstić information content (AvgIpc) is 3.21. The van der Waals surface area contributed by atoms with Gasteiger partial charge in [-0.1, -0.05) is 12.8 Å². The van der Waals surface area contributed by atoms with Crippen LogP contribution in [0.15, 0.2) is 0 Å². The molecule has 1 saturated heterocycles. The molecule has 3 atom stereocenters. The zero-order chi connectivity index (χ0) is 14.7. The van der Waals surface area contributed by atoms with Crippen LogP contribution in [0.3, 0.4) is 0 Å². The molecule has 3 unspecified atom stereocenters. The molecule has 1 aliphatic carbocycles. The summed E-state index contributed by atoms with van der Waals surface area (Å²) in [4.78, 5) is 35.6. The van der Waals surface area contributed by atoms with Crippen LogP contribution in [-0.4, -0.2) is 46.9 Å². The van der Waals surface area contributed by atoms with Crippen LogP contribution in [0.5, 0.6) is 0 Å². The summed E-state index contributed by atoms with van der Waals surface area (Å²) in [5, 5.41) is 10.5. The van der Waals surface area contributed by atoms with Crippen molar-refractivity contribution in [3.8, 4) is 0 Å². The van der Waals surface area contributed by atoms with Gasteiger partial charge in [0.1, 0.15) is 5.92 Å². The largest absolute Gasteiger partial charge is 0.452 e. The highest BCUT2D eigenvalue weighted by atomic mass is 16.6. The molecule has 1 saturated carbocycles. The van der Waals surface area contributed by atoms with Crippen LogP contribution in [0.2, 0.25) is 0 Å². The summed E-state index contributed by atoms with van der Waals surface area (Å²) >= 11 is 0. The van der Waals surface area contributed by atoms with Gasteiger partial charge in [-0.05, 0) is 19.8 Å². The highest BCUT2D eigenvalue weighted by Crippen LogP contribution is 2.34. The molecule has 1 aliphatic heterocycles. The fraction of sp³-hybridized carbons (Fsp3) is 0.846. The van der Waals surface area contributed by atoms with Crippen molar-refractivity contribution in [3.63, 3.8) is 0 Å². The second kappa shape index (κ2) is 6.19. The molecule has 2 fully saturated rings. The molecule has 7 heteroatoms. The van der Waals surface area contributed by atoms with E-state index in [1.807, 2.05) is 0 Å². The van der Waals surface area contributed by atoms with E-state index in [-0.39, 0.29) is 12.3 Å². The lowest BCUT2D eigenvalue weighted by Crippen LogP contribution is -2.40. The Kier molecular flexibility index (Phi) is 4.57. The second-order valence-electron chi connectivity index (χ2n) is 5.51. The van der Waals surface area contributed by atoms with E-state index < -0.39 is 29.0 Å². The van der Waals surface area contributed by atoms with Crippen LogP contribution in [0.4, 0.5) is 0 Å². The SMILES string of the molecule is CC(OC(=O)C1CC1[N+](=O)[O-])C(=O)N1CCCCCC1. The van der Waals surface area contributed by atoms with E-state index in [1.54, 1.807) is 4.90 Å². The zero-order valence-electron chi connectivity index (χ0n) is 11.6. The van der Waals surface area contributed by atoms with Gasteiger partial charge in [-0.3, -0.25) is 19.7 Å². The molecular formula is C13H20N2O5. The van der Waals surface area contributed by atoms with Gasteiger partial charge in [0.2, 0.25) is 6.04 Å². The van der Waals surface area contributed by atoms with E-state index >= 15 is 0 Å². The lowest BCUT2D eigenvalue weighted by molar-refractivity contribution is -0.497. The quantitative estimate of drug-likeness (QED) is 0.436. The predicted octanol–water partition coefficient (Wildman–Crippen LogP) is 0.986. The van der Waals surface area contributed by atoms with Crippen molar-refractivity contribution in [2.45, 2.75) is 51.2 Å². The molecule has 0 spiro atoms. The summed E-state index contributed by atoms with van der Waals surface area (Å²) in [5.74, 6) is -1.50. The van der Waals surface area contributed by atoms with E-state index in [0.29, 0.717) is 13.1 Å². The molecular weight excluding hydrogens is 264 g/mol. The van der Waals surface area contributed by atoms with Gasteiger partial charge in [0.05, 0.1) is 0 Å². The molecule has 0 aromatic carbocycles. The molecule has 0 bridgehead atoms. The lowest BCUT2D eigenvalue weighted by atomic mass is 10.2.